The van der Waals surface area contributed by atoms with Crippen LogP contribution in [0.25, 0.3) is 0 Å². The van der Waals surface area contributed by atoms with Gasteiger partial charge in [-0.2, -0.15) is 0 Å². The van der Waals surface area contributed by atoms with Gasteiger partial charge in [0.25, 0.3) is 5.69 Å². The Bertz CT molecular complexity index is 1350. The first-order valence-electron chi connectivity index (χ1n) is 11.8. The van der Waals surface area contributed by atoms with Gasteiger partial charge in [0.2, 0.25) is 0 Å². The van der Waals surface area contributed by atoms with Crippen LogP contribution in [0, 0.1) is 10.1 Å². The van der Waals surface area contributed by atoms with E-state index in [0.29, 0.717) is 18.8 Å². The van der Waals surface area contributed by atoms with Gasteiger partial charge in [0.05, 0.1) is 46.0 Å². The van der Waals surface area contributed by atoms with Gasteiger partial charge in [-0.25, -0.2) is 13.2 Å². The molecule has 37 heavy (non-hydrogen) atoms. The molecule has 10 nitrogen and oxygen atoms in total. The second-order valence-electron chi connectivity index (χ2n) is 8.99. The number of benzene rings is 2. The van der Waals surface area contributed by atoms with Gasteiger partial charge in [-0.05, 0) is 19.5 Å². The van der Waals surface area contributed by atoms with Gasteiger partial charge in [0.15, 0.2) is 9.84 Å². The van der Waals surface area contributed by atoms with Crippen molar-refractivity contribution >= 4 is 21.5 Å². The number of esters is 1. The molecule has 196 valence electrons. The Morgan fingerprint density at radius 1 is 1.19 bits per heavy atom. The number of nitrogens with zero attached hydrogens (tertiary/aromatic N) is 2. The van der Waals surface area contributed by atoms with Crippen LogP contribution in [-0.4, -0.2) is 63.4 Å². The zero-order valence-corrected chi connectivity index (χ0v) is 21.5. The number of allylic oxidation sites excluding steroid dienone is 2. The van der Waals surface area contributed by atoms with E-state index < -0.39 is 26.6 Å². The van der Waals surface area contributed by atoms with E-state index in [9.17, 15) is 23.3 Å². The predicted molar refractivity (Wildman–Crippen MR) is 137 cm³/mol. The topological polar surface area (TPSA) is 128 Å². The largest absolute Gasteiger partial charge is 0.461 e. The summed E-state index contributed by atoms with van der Waals surface area (Å²) >= 11 is 0. The average molecular weight is 528 g/mol. The van der Waals surface area contributed by atoms with Gasteiger partial charge in [0, 0.05) is 30.4 Å². The number of carbonyl (C=O) groups is 1. The minimum absolute atomic E-state index is 0.0182. The van der Waals surface area contributed by atoms with E-state index in [1.807, 2.05) is 42.3 Å². The van der Waals surface area contributed by atoms with Crippen molar-refractivity contribution in [3.8, 4) is 0 Å². The summed E-state index contributed by atoms with van der Waals surface area (Å²) in [6, 6.07) is 15.7. The molecule has 11 heteroatoms. The zero-order chi connectivity index (χ0) is 26.6. The molecule has 0 aliphatic carbocycles. The van der Waals surface area contributed by atoms with Crippen LogP contribution in [-0.2, 0) is 30.7 Å². The molecule has 4 rings (SSSR count). The number of nitro groups is 1. The third-order valence-corrected chi connectivity index (χ3v) is 8.19. The summed E-state index contributed by atoms with van der Waals surface area (Å²) in [6.07, 6.45) is 0. The van der Waals surface area contributed by atoms with Gasteiger partial charge in [0.1, 0.15) is 6.61 Å². The number of para-hydroxylation sites is 1. The van der Waals surface area contributed by atoms with Crippen LogP contribution in [0.3, 0.4) is 0 Å². The van der Waals surface area contributed by atoms with Crippen molar-refractivity contribution in [3.63, 3.8) is 0 Å². The number of ether oxygens (including phenoxy) is 2. The highest BCUT2D eigenvalue weighted by atomic mass is 32.2. The molecular formula is C26H29N3O7S. The maximum absolute atomic E-state index is 13.4. The van der Waals surface area contributed by atoms with Crippen molar-refractivity contribution in [1.29, 1.82) is 0 Å². The van der Waals surface area contributed by atoms with Gasteiger partial charge < -0.3 is 14.8 Å². The van der Waals surface area contributed by atoms with Crippen molar-refractivity contribution in [2.75, 3.05) is 39.2 Å². The number of rotatable bonds is 8. The van der Waals surface area contributed by atoms with E-state index in [2.05, 4.69) is 5.32 Å². The molecule has 2 aromatic carbocycles. The Hall–Kier alpha value is -3.54. The predicted octanol–water partition coefficient (Wildman–Crippen LogP) is 2.89. The molecule has 2 heterocycles. The Labute approximate surface area is 215 Å². The number of hydrogen-bond acceptors (Lipinski definition) is 9. The summed E-state index contributed by atoms with van der Waals surface area (Å²) in [4.78, 5) is 26.6. The van der Waals surface area contributed by atoms with Crippen LogP contribution in [0.4, 0.5) is 5.69 Å². The summed E-state index contributed by atoms with van der Waals surface area (Å²) in [5.74, 6) is -2.22. The van der Waals surface area contributed by atoms with Crippen LogP contribution in [0.15, 0.2) is 76.5 Å². The van der Waals surface area contributed by atoms with E-state index in [1.165, 1.54) is 18.2 Å². The molecule has 0 fully saturated rings. The van der Waals surface area contributed by atoms with Gasteiger partial charge in [-0.3, -0.25) is 15.0 Å². The Morgan fingerprint density at radius 2 is 1.89 bits per heavy atom. The average Bonchev–Trinajstić information content (AvgIpc) is 3.01. The van der Waals surface area contributed by atoms with Crippen LogP contribution in [0.2, 0.25) is 0 Å². The number of sulfone groups is 1. The fourth-order valence-corrected chi connectivity index (χ4v) is 6.26. The highest BCUT2D eigenvalue weighted by Crippen LogP contribution is 2.45. The molecular weight excluding hydrogens is 498 g/mol. The van der Waals surface area contributed by atoms with Crippen LogP contribution < -0.4 is 5.32 Å². The smallest absolute Gasteiger partial charge is 0.336 e. The van der Waals surface area contributed by atoms with Crippen molar-refractivity contribution < 1.29 is 27.6 Å². The first kappa shape index (κ1) is 26.5. The molecule has 0 radical (unpaired) electrons. The molecule has 0 saturated heterocycles. The Kier molecular flexibility index (Phi) is 8.06. The van der Waals surface area contributed by atoms with E-state index in [0.717, 1.165) is 5.56 Å². The molecule has 2 aliphatic rings. The minimum atomic E-state index is -3.90. The number of nitro benzene ring substituents is 1. The van der Waals surface area contributed by atoms with Gasteiger partial charge in [-0.15, -0.1) is 0 Å². The normalized spacial score (nSPS) is 19.2. The molecule has 0 aromatic heterocycles. The summed E-state index contributed by atoms with van der Waals surface area (Å²) in [5, 5.41) is 14.9. The second kappa shape index (κ2) is 11.2. The standard InChI is InChI=1S/C26H29N3O7S/c1-18-23(26(30)36-13-12-28(2)16-19-8-4-3-5-9-19)24(20-10-6-7-11-22(20)29(31)32)25-21(27-18)17-35-14-15-37(25,33)34/h3-11,24,27H,12-17H2,1-2H3. The van der Waals surface area contributed by atoms with Gasteiger partial charge >= 0.3 is 5.97 Å². The van der Waals surface area contributed by atoms with E-state index in [1.54, 1.807) is 13.0 Å². The van der Waals surface area contributed by atoms with Crippen LogP contribution in [0.5, 0.6) is 0 Å². The van der Waals surface area contributed by atoms with Crippen LogP contribution in [0.1, 0.15) is 24.0 Å². The lowest BCUT2D eigenvalue weighted by atomic mass is 9.85. The summed E-state index contributed by atoms with van der Waals surface area (Å²) in [6.45, 7) is 2.75. The third kappa shape index (κ3) is 5.90. The quantitative estimate of drug-likeness (QED) is 0.313. The zero-order valence-electron chi connectivity index (χ0n) is 20.7. The molecule has 2 aromatic rings. The first-order valence-corrected chi connectivity index (χ1v) is 13.5. The summed E-state index contributed by atoms with van der Waals surface area (Å²) < 4.78 is 37.7. The van der Waals surface area contributed by atoms with Crippen molar-refractivity contribution in [2.45, 2.75) is 19.4 Å². The lowest BCUT2D eigenvalue weighted by molar-refractivity contribution is -0.385. The molecule has 1 unspecified atom stereocenters. The number of hydrogen-bond donors (Lipinski definition) is 1. The van der Waals surface area contributed by atoms with Gasteiger partial charge in [-0.1, -0.05) is 48.5 Å². The highest BCUT2D eigenvalue weighted by molar-refractivity contribution is 7.95. The molecule has 0 saturated carbocycles. The SMILES string of the molecule is CC1=C(C(=O)OCCN(C)Cc2ccccc2)C(c2ccccc2[N+](=O)[O-])C2=C(COCCS2(=O)=O)N1. The van der Waals surface area contributed by atoms with E-state index in [-0.39, 0.29) is 53.0 Å². The Morgan fingerprint density at radius 3 is 2.62 bits per heavy atom. The fraction of sp³-hybridized carbons (Fsp3) is 0.346. The molecule has 1 N–H and O–H groups in total. The minimum Gasteiger partial charge on any atom is -0.461 e. The number of carbonyl (C=O) groups excluding carboxylic acids is 1. The first-order chi connectivity index (χ1) is 17.7. The van der Waals surface area contributed by atoms with E-state index >= 15 is 0 Å². The summed E-state index contributed by atoms with van der Waals surface area (Å²) in [5.41, 5.74) is 1.62. The van der Waals surface area contributed by atoms with Crippen LogP contribution >= 0.6 is 0 Å². The molecule has 1 atom stereocenters. The number of nitrogens with one attached hydrogen (secondary N) is 1. The second-order valence-corrected chi connectivity index (χ2v) is 11.1. The van der Waals surface area contributed by atoms with Crippen molar-refractivity contribution in [1.82, 2.24) is 10.2 Å². The maximum atomic E-state index is 13.4. The Balaban J connectivity index is 1.64. The third-order valence-electron chi connectivity index (χ3n) is 6.33. The maximum Gasteiger partial charge on any atom is 0.336 e. The lowest BCUT2D eigenvalue weighted by Crippen LogP contribution is -2.34. The molecule has 0 amide bonds. The monoisotopic (exact) mass is 527 g/mol. The van der Waals surface area contributed by atoms with Crippen molar-refractivity contribution in [3.05, 3.63) is 97.7 Å². The van der Waals surface area contributed by atoms with Crippen molar-refractivity contribution in [2.24, 2.45) is 0 Å². The summed E-state index contributed by atoms with van der Waals surface area (Å²) in [7, 11) is -2.00. The van der Waals surface area contributed by atoms with E-state index in [4.69, 9.17) is 9.47 Å². The number of dihydropyridines is 1. The highest BCUT2D eigenvalue weighted by Gasteiger charge is 2.44. The molecule has 0 spiro atoms. The fourth-order valence-electron chi connectivity index (χ4n) is 4.62. The molecule has 2 aliphatic heterocycles. The molecule has 0 bridgehead atoms. The lowest BCUT2D eigenvalue weighted by Gasteiger charge is -2.31. The number of likely N-dealkylation sites (N-methyl/N-ethyl adjacent to an activating group) is 1.